The van der Waals surface area contributed by atoms with E-state index in [0.29, 0.717) is 0 Å². The number of hydrogen-bond acceptors (Lipinski definition) is 0. The molecule has 0 aliphatic rings. The summed E-state index contributed by atoms with van der Waals surface area (Å²) in [6.45, 7) is 16.2. The summed E-state index contributed by atoms with van der Waals surface area (Å²) in [5, 5.41) is 0. The predicted octanol–water partition coefficient (Wildman–Crippen LogP) is 9.61. The zero-order chi connectivity index (χ0) is 32.0. The molecule has 0 nitrogen and oxygen atoms in total. The van der Waals surface area contributed by atoms with Gasteiger partial charge < -0.3 is 0 Å². The molecule has 0 radical (unpaired) electrons. The Morgan fingerprint density at radius 3 is 1.44 bits per heavy atom. The zero-order valence-corrected chi connectivity index (χ0v) is 32.0. The minimum Gasteiger partial charge on any atom is -0.179 e. The smallest absolute Gasteiger partial charge is 0.179 e. The van der Waals surface area contributed by atoms with Crippen LogP contribution in [-0.2, 0) is 25.7 Å². The van der Waals surface area contributed by atoms with Crippen LogP contribution in [0.15, 0.2) is 24.3 Å². The molecule has 0 heterocycles. The summed E-state index contributed by atoms with van der Waals surface area (Å²) < 4.78 is 0. The fourth-order valence-corrected chi connectivity index (χ4v) is 6.24. The third-order valence-corrected chi connectivity index (χ3v) is 9.39. The van der Waals surface area contributed by atoms with Crippen LogP contribution in [0.5, 0.6) is 0 Å². The van der Waals surface area contributed by atoms with Gasteiger partial charge in [0.05, 0.1) is 0 Å². The molecule has 0 unspecified atom stereocenters. The molecule has 0 saturated carbocycles. The van der Waals surface area contributed by atoms with Crippen molar-refractivity contribution in [3.05, 3.63) is 69.3 Å². The predicted molar refractivity (Wildman–Crippen MR) is 199 cm³/mol. The topological polar surface area (TPSA) is 0 Å². The zero-order valence-electron chi connectivity index (χ0n) is 31.0. The van der Waals surface area contributed by atoms with Gasteiger partial charge >= 0.3 is 18.9 Å². The van der Waals surface area contributed by atoms with Crippen molar-refractivity contribution in [3.63, 3.8) is 0 Å². The average Bonchev–Trinajstić information content (AvgIpc) is 3.00. The van der Waals surface area contributed by atoms with E-state index in [0.717, 1.165) is 25.7 Å². The average molecular weight is 617 g/mol. The van der Waals surface area contributed by atoms with Crippen LogP contribution < -0.4 is 18.9 Å². The van der Waals surface area contributed by atoms with E-state index < -0.39 is 8.07 Å². The first-order chi connectivity index (χ1) is 21.3. The second-order valence-electron chi connectivity index (χ2n) is 14.1. The third kappa shape index (κ3) is 17.8. The van der Waals surface area contributed by atoms with E-state index in [4.69, 9.17) is 0 Å². The SMILES string of the molecule is CCCCCCc1c[c-]c(CCCCCC)c(C#Cc2cc(CCCCCC)c(C#C[Si](C)(C)C)cc2CCCCCC)c1.[Li+]. The Hall–Kier alpha value is -1.63. The molecular weight excluding hydrogens is 552 g/mol. The van der Waals surface area contributed by atoms with Gasteiger partial charge in [-0.3, -0.25) is 0 Å². The first-order valence-electron chi connectivity index (χ1n) is 18.6. The van der Waals surface area contributed by atoms with Crippen LogP contribution in [0.1, 0.15) is 169 Å². The van der Waals surface area contributed by atoms with Gasteiger partial charge in [-0.2, -0.15) is 23.8 Å². The largest absolute Gasteiger partial charge is 1.00 e. The molecular formula is C43H65LiSi. The fraction of sp³-hybridized carbons (Fsp3) is 0.628. The fourth-order valence-electron chi connectivity index (χ4n) is 5.73. The van der Waals surface area contributed by atoms with Gasteiger partial charge in [0.15, 0.2) is 0 Å². The third-order valence-electron chi connectivity index (χ3n) is 8.52. The van der Waals surface area contributed by atoms with Gasteiger partial charge in [-0.05, 0) is 55.4 Å². The molecule has 242 valence electrons. The Morgan fingerprint density at radius 1 is 0.511 bits per heavy atom. The molecule has 0 N–H and O–H groups in total. The van der Waals surface area contributed by atoms with Gasteiger partial charge in [0, 0.05) is 11.1 Å². The van der Waals surface area contributed by atoms with Crippen LogP contribution in [-0.4, -0.2) is 8.07 Å². The number of benzene rings is 2. The van der Waals surface area contributed by atoms with E-state index in [2.05, 4.69) is 101 Å². The van der Waals surface area contributed by atoms with Crippen LogP contribution in [0, 0.1) is 29.4 Å². The second kappa shape index (κ2) is 24.5. The van der Waals surface area contributed by atoms with E-state index in [-0.39, 0.29) is 18.9 Å². The molecule has 2 aromatic rings. The summed E-state index contributed by atoms with van der Waals surface area (Å²) in [5.41, 5.74) is 12.9. The number of hydrogen-bond donors (Lipinski definition) is 0. The van der Waals surface area contributed by atoms with E-state index in [1.165, 1.54) is 142 Å². The standard InChI is InChI=1S/C43H65Si.Li/c1-8-12-16-20-24-37-28-29-38(25-21-17-13-9-2)41(34-37)30-31-42-35-40(27-23-19-15-11-4)43(32-33-44(5,6)7)36-39(42)26-22-18-14-10-3;/h28,34-36H,8-27H2,1-7H3;/q-1;+1. The van der Waals surface area contributed by atoms with Crippen molar-refractivity contribution in [1.29, 1.82) is 0 Å². The first kappa shape index (κ1) is 41.4. The molecule has 0 saturated heterocycles. The Morgan fingerprint density at radius 2 is 0.956 bits per heavy atom. The van der Waals surface area contributed by atoms with Crippen molar-refractivity contribution < 1.29 is 18.9 Å². The Labute approximate surface area is 293 Å². The maximum Gasteiger partial charge on any atom is 1.00 e. The molecule has 0 aromatic heterocycles. The van der Waals surface area contributed by atoms with Crippen molar-refractivity contribution in [1.82, 2.24) is 0 Å². The van der Waals surface area contributed by atoms with E-state index in [9.17, 15) is 0 Å². The Bertz CT molecular complexity index is 1210. The summed E-state index contributed by atoms with van der Waals surface area (Å²) >= 11 is 0. The van der Waals surface area contributed by atoms with E-state index in [1.54, 1.807) is 0 Å². The van der Waals surface area contributed by atoms with Crippen LogP contribution in [0.4, 0.5) is 0 Å². The van der Waals surface area contributed by atoms with E-state index in [1.807, 2.05) is 0 Å². The van der Waals surface area contributed by atoms with Crippen molar-refractivity contribution >= 4 is 8.07 Å². The van der Waals surface area contributed by atoms with Gasteiger partial charge in [0.1, 0.15) is 8.07 Å². The Balaban J connectivity index is 0.0000101. The molecule has 0 bridgehead atoms. The maximum atomic E-state index is 3.75. The van der Waals surface area contributed by atoms with Crippen LogP contribution in [0.2, 0.25) is 19.6 Å². The van der Waals surface area contributed by atoms with Gasteiger partial charge in [0.2, 0.25) is 0 Å². The van der Waals surface area contributed by atoms with Gasteiger partial charge in [-0.25, -0.2) is 0 Å². The molecule has 0 fully saturated rings. The summed E-state index contributed by atoms with van der Waals surface area (Å²) in [7, 11) is -1.47. The summed E-state index contributed by atoms with van der Waals surface area (Å²) in [5.74, 6) is 11.1. The van der Waals surface area contributed by atoms with Crippen molar-refractivity contribution in [2.45, 2.75) is 176 Å². The molecule has 2 aromatic carbocycles. The van der Waals surface area contributed by atoms with Crippen LogP contribution >= 0.6 is 0 Å². The van der Waals surface area contributed by atoms with E-state index >= 15 is 0 Å². The van der Waals surface area contributed by atoms with Gasteiger partial charge in [0.25, 0.3) is 0 Å². The molecule has 2 heteroatoms. The normalized spacial score (nSPS) is 10.9. The van der Waals surface area contributed by atoms with Crippen LogP contribution in [0.3, 0.4) is 0 Å². The van der Waals surface area contributed by atoms with Crippen molar-refractivity contribution in [2.75, 3.05) is 0 Å². The molecule has 0 spiro atoms. The molecule has 0 aliphatic carbocycles. The molecule has 0 aliphatic heterocycles. The van der Waals surface area contributed by atoms with Gasteiger partial charge in [-0.1, -0.05) is 161 Å². The maximum absolute atomic E-state index is 3.75. The number of unbranched alkanes of at least 4 members (excludes halogenated alkanes) is 12. The molecule has 0 amide bonds. The molecule has 45 heavy (non-hydrogen) atoms. The molecule has 2 rings (SSSR count). The Kier molecular flexibility index (Phi) is 22.6. The minimum absolute atomic E-state index is 0. The second-order valence-corrected chi connectivity index (χ2v) is 18.8. The summed E-state index contributed by atoms with van der Waals surface area (Å²) in [4.78, 5) is 0. The quantitative estimate of drug-likeness (QED) is 0.0601. The number of rotatable bonds is 20. The monoisotopic (exact) mass is 617 g/mol. The van der Waals surface area contributed by atoms with Crippen LogP contribution in [0.25, 0.3) is 0 Å². The molecule has 0 atom stereocenters. The number of aryl methyl sites for hydroxylation is 4. The first-order valence-corrected chi connectivity index (χ1v) is 22.1. The van der Waals surface area contributed by atoms with Gasteiger partial charge in [-0.15, -0.1) is 17.0 Å². The summed E-state index contributed by atoms with van der Waals surface area (Å²) in [6.07, 6.45) is 24.9. The minimum atomic E-state index is -1.47. The van der Waals surface area contributed by atoms with Crippen molar-refractivity contribution in [3.8, 4) is 23.3 Å². The summed E-state index contributed by atoms with van der Waals surface area (Å²) in [6, 6.07) is 13.2. The van der Waals surface area contributed by atoms with Crippen molar-refractivity contribution in [2.24, 2.45) is 0 Å².